The molecule has 0 spiro atoms. The molecular weight excluding hydrogens is 408 g/mol. The Kier molecular flexibility index (Phi) is 6.86. The van der Waals surface area contributed by atoms with Gasteiger partial charge in [0.2, 0.25) is 6.23 Å². The first kappa shape index (κ1) is 23.2. The molecular formula is C24H37N4O4+. The number of carbonyl (C=O) groups excluding carboxylic acids is 2. The summed E-state index contributed by atoms with van der Waals surface area (Å²) in [7, 11) is 1.95. The van der Waals surface area contributed by atoms with Crippen LogP contribution in [-0.2, 0) is 19.9 Å². The molecule has 2 aliphatic heterocycles. The van der Waals surface area contributed by atoms with Gasteiger partial charge in [-0.2, -0.15) is 0 Å². The van der Waals surface area contributed by atoms with E-state index >= 15 is 0 Å². The van der Waals surface area contributed by atoms with Gasteiger partial charge in [0.05, 0.1) is 19.6 Å². The van der Waals surface area contributed by atoms with Gasteiger partial charge in [0.25, 0.3) is 5.91 Å². The second-order valence-corrected chi connectivity index (χ2v) is 9.80. The molecule has 0 aromatic heterocycles. The minimum absolute atomic E-state index is 0.131. The Morgan fingerprint density at radius 2 is 1.88 bits per heavy atom. The monoisotopic (exact) mass is 445 g/mol. The smallest absolute Gasteiger partial charge is 0.347 e. The average Bonchev–Trinajstić information content (AvgIpc) is 3.45. The molecule has 32 heavy (non-hydrogen) atoms. The van der Waals surface area contributed by atoms with E-state index in [4.69, 9.17) is 10.5 Å². The number of likely N-dealkylation sites (N-methyl/N-ethyl adjacent to an activating group) is 1. The SMILES string of the molecule is C[N+]1(C(C(N)=O)C2CNCCN2)CCCC1OC(=O)C(O)(c1ccccc1)C1CCCC1. The summed E-state index contributed by atoms with van der Waals surface area (Å²) >= 11 is 0. The lowest BCUT2D eigenvalue weighted by Gasteiger charge is -2.45. The van der Waals surface area contributed by atoms with Crippen LogP contribution in [-0.4, -0.2) is 73.0 Å². The first-order valence-corrected chi connectivity index (χ1v) is 11.9. The number of likely N-dealkylation sites (tertiary alicyclic amines) is 1. The van der Waals surface area contributed by atoms with E-state index in [1.54, 1.807) is 12.1 Å². The molecule has 3 aliphatic rings. The number of hydrogen-bond acceptors (Lipinski definition) is 6. The number of benzene rings is 1. The molecule has 8 nitrogen and oxygen atoms in total. The van der Waals surface area contributed by atoms with Gasteiger partial charge in [-0.1, -0.05) is 43.2 Å². The van der Waals surface area contributed by atoms with Crippen LogP contribution in [0.5, 0.6) is 0 Å². The zero-order chi connectivity index (χ0) is 22.8. The molecule has 2 heterocycles. The fraction of sp³-hybridized carbons (Fsp3) is 0.667. The van der Waals surface area contributed by atoms with Gasteiger partial charge in [0, 0.05) is 38.4 Å². The molecule has 0 bridgehead atoms. The number of nitrogens with zero attached hydrogens (tertiary/aromatic N) is 1. The topological polar surface area (TPSA) is 114 Å². The molecule has 8 heteroatoms. The molecule has 2 saturated heterocycles. The molecule has 176 valence electrons. The highest BCUT2D eigenvalue weighted by Crippen LogP contribution is 2.42. The highest BCUT2D eigenvalue weighted by Gasteiger charge is 2.55. The minimum Gasteiger partial charge on any atom is -0.410 e. The van der Waals surface area contributed by atoms with Crippen molar-refractivity contribution in [3.8, 4) is 0 Å². The largest absolute Gasteiger partial charge is 0.410 e. The zero-order valence-electron chi connectivity index (χ0n) is 19.0. The van der Waals surface area contributed by atoms with Crippen molar-refractivity contribution in [1.82, 2.24) is 10.6 Å². The van der Waals surface area contributed by atoms with Crippen molar-refractivity contribution in [2.45, 2.75) is 62.4 Å². The van der Waals surface area contributed by atoms with Crippen molar-refractivity contribution < 1.29 is 23.9 Å². The number of quaternary nitrogens is 1. The van der Waals surface area contributed by atoms with E-state index in [2.05, 4.69) is 10.6 Å². The summed E-state index contributed by atoms with van der Waals surface area (Å²) in [6.45, 7) is 2.93. The summed E-state index contributed by atoms with van der Waals surface area (Å²) in [4.78, 5) is 26.2. The van der Waals surface area contributed by atoms with E-state index in [9.17, 15) is 14.7 Å². The fourth-order valence-corrected chi connectivity index (χ4v) is 6.11. The normalized spacial score (nSPS) is 31.7. The number of rotatable bonds is 7. The number of esters is 1. The first-order chi connectivity index (χ1) is 15.4. The fourth-order valence-electron chi connectivity index (χ4n) is 6.11. The van der Waals surface area contributed by atoms with Crippen LogP contribution in [0.1, 0.15) is 44.1 Å². The van der Waals surface area contributed by atoms with Crippen LogP contribution in [0.4, 0.5) is 0 Å². The predicted octanol–water partition coefficient (Wildman–Crippen LogP) is 0.589. The number of ether oxygens (including phenoxy) is 1. The van der Waals surface area contributed by atoms with Crippen LogP contribution in [0.25, 0.3) is 0 Å². The van der Waals surface area contributed by atoms with Crippen LogP contribution in [0.15, 0.2) is 30.3 Å². The van der Waals surface area contributed by atoms with Crippen molar-refractivity contribution in [2.24, 2.45) is 11.7 Å². The molecule has 1 aromatic rings. The van der Waals surface area contributed by atoms with Gasteiger partial charge >= 0.3 is 5.97 Å². The van der Waals surface area contributed by atoms with Gasteiger partial charge in [-0.05, 0) is 18.4 Å². The highest BCUT2D eigenvalue weighted by molar-refractivity contribution is 5.82. The molecule has 5 N–H and O–H groups in total. The third-order valence-electron chi connectivity index (χ3n) is 7.84. The van der Waals surface area contributed by atoms with Gasteiger partial charge in [-0.25, -0.2) is 4.79 Å². The average molecular weight is 446 g/mol. The highest BCUT2D eigenvalue weighted by atomic mass is 16.6. The Labute approximate surface area is 190 Å². The van der Waals surface area contributed by atoms with E-state index in [-0.39, 0.29) is 16.4 Å². The number of piperazine rings is 1. The summed E-state index contributed by atoms with van der Waals surface area (Å²) in [6, 6.07) is 8.48. The van der Waals surface area contributed by atoms with E-state index in [0.717, 1.165) is 45.2 Å². The maximum Gasteiger partial charge on any atom is 0.347 e. The number of carbonyl (C=O) groups is 2. The molecule has 0 radical (unpaired) electrons. The van der Waals surface area contributed by atoms with Crippen molar-refractivity contribution in [2.75, 3.05) is 33.2 Å². The van der Waals surface area contributed by atoms with E-state index in [1.165, 1.54) is 0 Å². The van der Waals surface area contributed by atoms with Crippen LogP contribution in [0, 0.1) is 5.92 Å². The Hall–Kier alpha value is -2.00. The number of aliphatic hydroxyl groups is 1. The second kappa shape index (κ2) is 9.47. The third-order valence-corrected chi connectivity index (χ3v) is 7.84. The second-order valence-electron chi connectivity index (χ2n) is 9.80. The van der Waals surface area contributed by atoms with Crippen molar-refractivity contribution in [3.05, 3.63) is 35.9 Å². The van der Waals surface area contributed by atoms with Crippen molar-refractivity contribution in [1.29, 1.82) is 0 Å². The lowest BCUT2D eigenvalue weighted by atomic mass is 9.80. The number of hydrogen-bond donors (Lipinski definition) is 4. The summed E-state index contributed by atoms with van der Waals surface area (Å²) in [5, 5.41) is 18.5. The summed E-state index contributed by atoms with van der Waals surface area (Å²) in [5.41, 5.74) is 4.78. The van der Waals surface area contributed by atoms with Crippen LogP contribution in [0.3, 0.4) is 0 Å². The quantitative estimate of drug-likeness (QED) is 0.361. The standard InChI is InChI=1S/C24H36N4O4/c1-28(21(22(25)29)19-16-26-13-14-27-19)15-7-12-20(28)32-23(30)24(31,18-10-5-6-11-18)17-8-3-2-4-9-17/h2-4,8-9,18-21,26-27,31H,5-7,10-16H2,1H3,(H-,25,29)/p+1. The van der Waals surface area contributed by atoms with Crippen molar-refractivity contribution in [3.63, 3.8) is 0 Å². The molecule has 3 fully saturated rings. The van der Waals surface area contributed by atoms with Gasteiger partial charge in [-0.3, -0.25) is 9.28 Å². The molecule has 4 rings (SSSR count). The number of nitrogens with one attached hydrogen (secondary N) is 2. The predicted molar refractivity (Wildman–Crippen MR) is 120 cm³/mol. The summed E-state index contributed by atoms with van der Waals surface area (Å²) in [5.74, 6) is -1.18. The first-order valence-electron chi connectivity index (χ1n) is 11.9. The molecule has 5 unspecified atom stereocenters. The van der Waals surface area contributed by atoms with Gasteiger partial charge in [-0.15, -0.1) is 0 Å². The zero-order valence-corrected chi connectivity index (χ0v) is 19.0. The van der Waals surface area contributed by atoms with E-state index < -0.39 is 29.7 Å². The maximum absolute atomic E-state index is 13.6. The van der Waals surface area contributed by atoms with Crippen LogP contribution in [0.2, 0.25) is 0 Å². The lowest BCUT2D eigenvalue weighted by Crippen LogP contribution is -2.71. The van der Waals surface area contributed by atoms with E-state index in [0.29, 0.717) is 25.1 Å². The minimum atomic E-state index is -1.68. The Bertz CT molecular complexity index is 809. The molecule has 5 atom stereocenters. The number of amides is 1. The van der Waals surface area contributed by atoms with Crippen LogP contribution >= 0.6 is 0 Å². The molecule has 1 saturated carbocycles. The summed E-state index contributed by atoms with van der Waals surface area (Å²) < 4.78 is 6.35. The maximum atomic E-state index is 13.6. The summed E-state index contributed by atoms with van der Waals surface area (Å²) in [6.07, 6.45) is 4.51. The van der Waals surface area contributed by atoms with Gasteiger partial charge < -0.3 is 26.2 Å². The van der Waals surface area contributed by atoms with Gasteiger partial charge in [0.1, 0.15) is 0 Å². The Morgan fingerprint density at radius 3 is 2.50 bits per heavy atom. The Morgan fingerprint density at radius 1 is 1.16 bits per heavy atom. The number of primary amides is 1. The van der Waals surface area contributed by atoms with Crippen molar-refractivity contribution >= 4 is 11.9 Å². The van der Waals surface area contributed by atoms with E-state index in [1.807, 2.05) is 25.2 Å². The Balaban J connectivity index is 1.60. The number of nitrogens with two attached hydrogens (primary N) is 1. The molecule has 1 amide bonds. The molecule has 1 aliphatic carbocycles. The molecule has 1 aromatic carbocycles. The van der Waals surface area contributed by atoms with Gasteiger partial charge in [0.15, 0.2) is 11.6 Å². The lowest BCUT2D eigenvalue weighted by molar-refractivity contribution is -0.955. The third kappa shape index (κ3) is 4.17. The van der Waals surface area contributed by atoms with Crippen LogP contribution < -0.4 is 16.4 Å².